The maximum atomic E-state index is 13.2. The zero-order chi connectivity index (χ0) is 23.3. The summed E-state index contributed by atoms with van der Waals surface area (Å²) in [4.78, 5) is 16.7. The number of benzene rings is 3. The third kappa shape index (κ3) is 4.83. The lowest BCUT2D eigenvalue weighted by atomic mass is 10.0. The zero-order valence-corrected chi connectivity index (χ0v) is 18.2. The largest absolute Gasteiger partial charge is 0.507 e. The number of carbonyl (C=O) groups is 1. The number of sulfonamides is 1. The number of hydrogen-bond donors (Lipinski definition) is 2. The topological polar surface area (TPSA) is 112 Å². The van der Waals surface area contributed by atoms with E-state index in [-0.39, 0.29) is 16.5 Å². The van der Waals surface area contributed by atoms with Gasteiger partial charge in [-0.2, -0.15) is 5.10 Å². The number of pyridine rings is 1. The number of hydrogen-bond acceptors (Lipinski definition) is 6. The lowest BCUT2D eigenvalue weighted by molar-refractivity contribution is -0.119. The summed E-state index contributed by atoms with van der Waals surface area (Å²) in [6.45, 7) is -0.535. The number of fused-ring (bicyclic) bond motifs is 1. The average molecular weight is 461 g/mol. The van der Waals surface area contributed by atoms with Crippen LogP contribution in [0.4, 0.5) is 5.82 Å². The Morgan fingerprint density at radius 1 is 0.970 bits per heavy atom. The van der Waals surface area contributed by atoms with Gasteiger partial charge in [0.15, 0.2) is 0 Å². The molecule has 0 aliphatic rings. The molecular weight excluding hydrogens is 440 g/mol. The van der Waals surface area contributed by atoms with E-state index in [1.807, 2.05) is 24.3 Å². The number of phenols is 1. The highest BCUT2D eigenvalue weighted by molar-refractivity contribution is 7.92. The van der Waals surface area contributed by atoms with Gasteiger partial charge in [0.2, 0.25) is 0 Å². The summed E-state index contributed by atoms with van der Waals surface area (Å²) < 4.78 is 27.3. The van der Waals surface area contributed by atoms with Crippen LogP contribution in [0.3, 0.4) is 0 Å². The number of hydrazone groups is 1. The van der Waals surface area contributed by atoms with Crippen LogP contribution in [-0.4, -0.2) is 37.2 Å². The van der Waals surface area contributed by atoms with Gasteiger partial charge >= 0.3 is 0 Å². The van der Waals surface area contributed by atoms with Gasteiger partial charge in [-0.15, -0.1) is 0 Å². The number of phenolic OH excluding ortho intramolecular Hbond substituents is 1. The van der Waals surface area contributed by atoms with Crippen molar-refractivity contribution >= 4 is 38.7 Å². The quantitative estimate of drug-likeness (QED) is 0.325. The average Bonchev–Trinajstić information content (AvgIpc) is 2.85. The molecule has 2 N–H and O–H groups in total. The molecule has 8 nitrogen and oxygen atoms in total. The first-order valence-corrected chi connectivity index (χ1v) is 11.4. The Bertz CT molecular complexity index is 1410. The van der Waals surface area contributed by atoms with E-state index >= 15 is 0 Å². The third-order valence-electron chi connectivity index (χ3n) is 4.85. The van der Waals surface area contributed by atoms with E-state index in [9.17, 15) is 18.3 Å². The summed E-state index contributed by atoms with van der Waals surface area (Å²) in [5.74, 6) is -0.559. The molecule has 3 aromatic carbocycles. The SMILES string of the molecule is O=C(CN(c1ccccn1)S(=O)(=O)c1ccccc1)N/N=C\c1c(O)ccc2ccccc12. The summed E-state index contributed by atoms with van der Waals surface area (Å²) in [6.07, 6.45) is 2.77. The zero-order valence-electron chi connectivity index (χ0n) is 17.4. The summed E-state index contributed by atoms with van der Waals surface area (Å²) in [5, 5.41) is 15.8. The summed E-state index contributed by atoms with van der Waals surface area (Å²) in [5.41, 5.74) is 2.77. The Hall–Kier alpha value is -4.24. The first kappa shape index (κ1) is 22.0. The molecule has 0 saturated carbocycles. The Labute approximate surface area is 190 Å². The molecule has 0 radical (unpaired) electrons. The summed E-state index contributed by atoms with van der Waals surface area (Å²) in [7, 11) is -4.04. The van der Waals surface area contributed by atoms with Gasteiger partial charge in [-0.05, 0) is 41.1 Å². The van der Waals surface area contributed by atoms with Crippen molar-refractivity contribution in [3.63, 3.8) is 0 Å². The van der Waals surface area contributed by atoms with Crippen LogP contribution in [0.15, 0.2) is 101 Å². The number of anilines is 1. The molecule has 4 rings (SSSR count). The molecule has 0 unspecified atom stereocenters. The molecule has 0 saturated heterocycles. The molecule has 9 heteroatoms. The highest BCUT2D eigenvalue weighted by atomic mass is 32.2. The van der Waals surface area contributed by atoms with Crippen molar-refractivity contribution in [1.82, 2.24) is 10.4 Å². The van der Waals surface area contributed by atoms with Crippen molar-refractivity contribution in [2.75, 3.05) is 10.8 Å². The number of aromatic hydroxyl groups is 1. The number of rotatable bonds is 7. The van der Waals surface area contributed by atoms with Crippen molar-refractivity contribution in [1.29, 1.82) is 0 Å². The number of carbonyl (C=O) groups excluding carboxylic acids is 1. The van der Waals surface area contributed by atoms with Crippen molar-refractivity contribution < 1.29 is 18.3 Å². The van der Waals surface area contributed by atoms with Crippen LogP contribution >= 0.6 is 0 Å². The molecule has 4 aromatic rings. The minimum atomic E-state index is -4.04. The van der Waals surface area contributed by atoms with Crippen LogP contribution < -0.4 is 9.73 Å². The molecule has 0 fully saturated rings. The van der Waals surface area contributed by atoms with Crippen LogP contribution in [0.5, 0.6) is 5.75 Å². The fourth-order valence-electron chi connectivity index (χ4n) is 3.26. The predicted octanol–water partition coefficient (Wildman–Crippen LogP) is 3.29. The van der Waals surface area contributed by atoms with Crippen LogP contribution in [0.25, 0.3) is 10.8 Å². The highest BCUT2D eigenvalue weighted by Gasteiger charge is 2.27. The van der Waals surface area contributed by atoms with Gasteiger partial charge in [0.1, 0.15) is 18.1 Å². The van der Waals surface area contributed by atoms with Gasteiger partial charge in [0.05, 0.1) is 11.1 Å². The normalized spacial score (nSPS) is 11.5. The summed E-state index contributed by atoms with van der Waals surface area (Å²) >= 11 is 0. The lowest BCUT2D eigenvalue weighted by Crippen LogP contribution is -2.40. The van der Waals surface area contributed by atoms with E-state index in [2.05, 4.69) is 15.5 Å². The Kier molecular flexibility index (Phi) is 6.32. The van der Waals surface area contributed by atoms with E-state index in [1.54, 1.807) is 42.5 Å². The number of aromatic nitrogens is 1. The van der Waals surface area contributed by atoms with Crippen molar-refractivity contribution in [2.45, 2.75) is 4.90 Å². The number of nitrogens with zero attached hydrogens (tertiary/aromatic N) is 3. The number of amides is 1. The molecule has 1 aromatic heterocycles. The highest BCUT2D eigenvalue weighted by Crippen LogP contribution is 2.25. The summed E-state index contributed by atoms with van der Waals surface area (Å²) in [6, 6.07) is 23.3. The van der Waals surface area contributed by atoms with Gasteiger partial charge < -0.3 is 5.11 Å². The second kappa shape index (κ2) is 9.49. The maximum absolute atomic E-state index is 13.2. The number of nitrogens with one attached hydrogen (secondary N) is 1. The Morgan fingerprint density at radius 3 is 2.45 bits per heavy atom. The van der Waals surface area contributed by atoms with E-state index in [1.165, 1.54) is 30.6 Å². The van der Waals surface area contributed by atoms with E-state index < -0.39 is 22.5 Å². The van der Waals surface area contributed by atoms with Gasteiger partial charge in [-0.3, -0.25) is 4.79 Å². The van der Waals surface area contributed by atoms with Crippen molar-refractivity contribution in [3.8, 4) is 5.75 Å². The van der Waals surface area contributed by atoms with Gasteiger partial charge in [-0.25, -0.2) is 23.1 Å². The van der Waals surface area contributed by atoms with Gasteiger partial charge in [-0.1, -0.05) is 54.6 Å². The van der Waals surface area contributed by atoms with Crippen LogP contribution in [0.1, 0.15) is 5.56 Å². The molecule has 0 aliphatic heterocycles. The lowest BCUT2D eigenvalue weighted by Gasteiger charge is -2.22. The van der Waals surface area contributed by atoms with Crippen LogP contribution in [0.2, 0.25) is 0 Å². The Balaban J connectivity index is 1.57. The van der Waals surface area contributed by atoms with E-state index in [0.717, 1.165) is 15.1 Å². The van der Waals surface area contributed by atoms with Crippen molar-refractivity contribution in [2.24, 2.45) is 5.10 Å². The van der Waals surface area contributed by atoms with Gasteiger partial charge in [0.25, 0.3) is 15.9 Å². The standard InChI is InChI=1S/C24H20N4O4S/c29-22-14-13-18-8-4-5-11-20(18)21(22)16-26-27-24(30)17-28(23-12-6-7-15-25-23)33(31,32)19-9-2-1-3-10-19/h1-16,29H,17H2,(H,27,30)/b26-16-. The van der Waals surface area contributed by atoms with Crippen LogP contribution in [-0.2, 0) is 14.8 Å². The first-order valence-electron chi connectivity index (χ1n) is 9.98. The molecule has 0 atom stereocenters. The Morgan fingerprint density at radius 2 is 1.70 bits per heavy atom. The van der Waals surface area contributed by atoms with E-state index in [0.29, 0.717) is 5.56 Å². The third-order valence-corrected chi connectivity index (χ3v) is 6.62. The fraction of sp³-hybridized carbons (Fsp3) is 0.0417. The second-order valence-corrected chi connectivity index (χ2v) is 8.89. The maximum Gasteiger partial charge on any atom is 0.265 e. The molecule has 0 bridgehead atoms. The molecule has 1 amide bonds. The fourth-order valence-corrected chi connectivity index (χ4v) is 4.66. The molecule has 166 valence electrons. The molecular formula is C24H20N4O4S. The van der Waals surface area contributed by atoms with Crippen LogP contribution in [0, 0.1) is 0 Å². The molecule has 0 aliphatic carbocycles. The second-order valence-electron chi connectivity index (χ2n) is 7.03. The predicted molar refractivity (Wildman–Crippen MR) is 127 cm³/mol. The monoisotopic (exact) mass is 460 g/mol. The van der Waals surface area contributed by atoms with Crippen molar-refractivity contribution in [3.05, 3.63) is 96.7 Å². The first-order chi connectivity index (χ1) is 16.0. The smallest absolute Gasteiger partial charge is 0.265 e. The molecule has 1 heterocycles. The molecule has 0 spiro atoms. The minimum absolute atomic E-state index is 0.00784. The minimum Gasteiger partial charge on any atom is -0.507 e. The van der Waals surface area contributed by atoms with Gasteiger partial charge in [0, 0.05) is 11.8 Å². The molecule has 33 heavy (non-hydrogen) atoms. The van der Waals surface area contributed by atoms with E-state index in [4.69, 9.17) is 0 Å².